The van der Waals surface area contributed by atoms with Gasteiger partial charge in [0.05, 0.1) is 11.1 Å². The molecule has 0 aliphatic carbocycles. The van der Waals surface area contributed by atoms with Crippen LogP contribution >= 0.6 is 11.6 Å². The summed E-state index contributed by atoms with van der Waals surface area (Å²) in [4.78, 5) is 6.70. The van der Waals surface area contributed by atoms with Crippen LogP contribution in [0.3, 0.4) is 0 Å². The van der Waals surface area contributed by atoms with Crippen LogP contribution < -0.4 is 10.2 Å². The number of ether oxygens (including phenoxy) is 1. The van der Waals surface area contributed by atoms with Crippen molar-refractivity contribution >= 4 is 17.4 Å². The van der Waals surface area contributed by atoms with Crippen molar-refractivity contribution in [2.75, 3.05) is 31.6 Å². The fourth-order valence-electron chi connectivity index (χ4n) is 2.17. The van der Waals surface area contributed by atoms with Gasteiger partial charge in [0.2, 0.25) is 0 Å². The number of nitrogens with zero attached hydrogens (tertiary/aromatic N) is 2. The van der Waals surface area contributed by atoms with E-state index in [1.165, 1.54) is 0 Å². The SMILES string of the molecule is CNCc1cc(N2CCCOC(C)C2)ncc1Cl. The summed E-state index contributed by atoms with van der Waals surface area (Å²) in [5.41, 5.74) is 1.09. The van der Waals surface area contributed by atoms with Crippen molar-refractivity contribution in [2.24, 2.45) is 0 Å². The molecule has 4 nitrogen and oxygen atoms in total. The fourth-order valence-corrected chi connectivity index (χ4v) is 2.34. The Hall–Kier alpha value is -0.840. The number of nitrogens with one attached hydrogen (secondary N) is 1. The van der Waals surface area contributed by atoms with Gasteiger partial charge in [-0.25, -0.2) is 4.98 Å². The second-order valence-electron chi connectivity index (χ2n) is 4.65. The zero-order valence-electron chi connectivity index (χ0n) is 10.9. The third-order valence-electron chi connectivity index (χ3n) is 3.06. The molecule has 1 unspecified atom stereocenters. The van der Waals surface area contributed by atoms with E-state index in [-0.39, 0.29) is 6.10 Å². The molecule has 0 aromatic carbocycles. The first-order valence-electron chi connectivity index (χ1n) is 6.36. The van der Waals surface area contributed by atoms with Gasteiger partial charge in [0.25, 0.3) is 0 Å². The van der Waals surface area contributed by atoms with Crippen molar-refractivity contribution in [3.8, 4) is 0 Å². The molecule has 0 saturated carbocycles. The maximum atomic E-state index is 6.13. The van der Waals surface area contributed by atoms with E-state index in [0.717, 1.165) is 44.0 Å². The summed E-state index contributed by atoms with van der Waals surface area (Å²) in [5, 5.41) is 3.84. The maximum Gasteiger partial charge on any atom is 0.128 e. The van der Waals surface area contributed by atoms with E-state index in [2.05, 4.69) is 28.2 Å². The van der Waals surface area contributed by atoms with E-state index in [4.69, 9.17) is 16.3 Å². The van der Waals surface area contributed by atoms with Crippen LogP contribution in [0.5, 0.6) is 0 Å². The van der Waals surface area contributed by atoms with E-state index in [1.54, 1.807) is 6.20 Å². The highest BCUT2D eigenvalue weighted by Crippen LogP contribution is 2.22. The molecule has 1 fully saturated rings. The Balaban J connectivity index is 2.18. The van der Waals surface area contributed by atoms with Gasteiger partial charge in [-0.05, 0) is 32.0 Å². The molecule has 0 bridgehead atoms. The molecule has 18 heavy (non-hydrogen) atoms. The number of rotatable bonds is 3. The predicted octanol–water partition coefficient (Wildman–Crippen LogP) is 2.07. The lowest BCUT2D eigenvalue weighted by atomic mass is 10.2. The van der Waals surface area contributed by atoms with Gasteiger partial charge >= 0.3 is 0 Å². The summed E-state index contributed by atoms with van der Waals surface area (Å²) in [6.45, 7) is 5.55. The second-order valence-corrected chi connectivity index (χ2v) is 5.05. The largest absolute Gasteiger partial charge is 0.377 e. The van der Waals surface area contributed by atoms with E-state index in [1.807, 2.05) is 7.05 Å². The van der Waals surface area contributed by atoms with Crippen LogP contribution in [0.15, 0.2) is 12.3 Å². The van der Waals surface area contributed by atoms with E-state index in [0.29, 0.717) is 5.02 Å². The molecule has 0 radical (unpaired) electrons. The van der Waals surface area contributed by atoms with Gasteiger partial charge in [0.15, 0.2) is 0 Å². The molecule has 0 amide bonds. The monoisotopic (exact) mass is 269 g/mol. The first kappa shape index (κ1) is 13.6. The summed E-state index contributed by atoms with van der Waals surface area (Å²) >= 11 is 6.13. The molecule has 1 aromatic rings. The molecule has 5 heteroatoms. The molecular formula is C13H20ClN3O. The zero-order valence-corrected chi connectivity index (χ0v) is 11.7. The normalized spacial score (nSPS) is 20.8. The Labute approximate surface area is 113 Å². The highest BCUT2D eigenvalue weighted by Gasteiger charge is 2.17. The highest BCUT2D eigenvalue weighted by atomic mass is 35.5. The molecule has 2 rings (SSSR count). The summed E-state index contributed by atoms with van der Waals surface area (Å²) in [6, 6.07) is 2.07. The van der Waals surface area contributed by atoms with Gasteiger partial charge in [-0.1, -0.05) is 11.6 Å². The molecule has 1 aromatic heterocycles. The standard InChI is InChI=1S/C13H20ClN3O/c1-10-9-17(4-3-5-18-10)13-6-11(7-15-2)12(14)8-16-13/h6,8,10,15H,3-5,7,9H2,1-2H3. The number of halogens is 1. The molecule has 1 aliphatic heterocycles. The molecule has 1 N–H and O–H groups in total. The Kier molecular flexibility index (Phi) is 4.80. The Morgan fingerprint density at radius 3 is 3.22 bits per heavy atom. The van der Waals surface area contributed by atoms with E-state index >= 15 is 0 Å². The van der Waals surface area contributed by atoms with Gasteiger partial charge in [-0.2, -0.15) is 0 Å². The van der Waals surface area contributed by atoms with Gasteiger partial charge < -0.3 is 15.0 Å². The number of hydrogen-bond donors (Lipinski definition) is 1. The van der Waals surface area contributed by atoms with E-state index in [9.17, 15) is 0 Å². The molecule has 1 aliphatic rings. The van der Waals surface area contributed by atoms with Gasteiger partial charge in [-0.15, -0.1) is 0 Å². The average molecular weight is 270 g/mol. The van der Waals surface area contributed by atoms with Gasteiger partial charge in [0, 0.05) is 32.4 Å². The topological polar surface area (TPSA) is 37.4 Å². The van der Waals surface area contributed by atoms with Gasteiger partial charge in [-0.3, -0.25) is 0 Å². The minimum Gasteiger partial charge on any atom is -0.377 e. The lowest BCUT2D eigenvalue weighted by Gasteiger charge is -2.23. The predicted molar refractivity (Wildman–Crippen MR) is 74.3 cm³/mol. The number of pyridine rings is 1. The smallest absolute Gasteiger partial charge is 0.128 e. The van der Waals surface area contributed by atoms with Crippen molar-refractivity contribution in [1.29, 1.82) is 0 Å². The van der Waals surface area contributed by atoms with Crippen LogP contribution in [0.25, 0.3) is 0 Å². The van der Waals surface area contributed by atoms with Crippen LogP contribution in [-0.4, -0.2) is 37.8 Å². The lowest BCUT2D eigenvalue weighted by Crippen LogP contribution is -2.30. The Morgan fingerprint density at radius 1 is 1.61 bits per heavy atom. The van der Waals surface area contributed by atoms with Crippen molar-refractivity contribution < 1.29 is 4.74 Å². The molecule has 2 heterocycles. The molecule has 1 saturated heterocycles. The number of anilines is 1. The van der Waals surface area contributed by atoms with Crippen molar-refractivity contribution in [2.45, 2.75) is 26.0 Å². The number of hydrogen-bond acceptors (Lipinski definition) is 4. The number of aromatic nitrogens is 1. The van der Waals surface area contributed by atoms with Crippen LogP contribution in [0.2, 0.25) is 5.02 Å². The third kappa shape index (κ3) is 3.34. The molecule has 1 atom stereocenters. The van der Waals surface area contributed by atoms with Crippen molar-refractivity contribution in [3.63, 3.8) is 0 Å². The van der Waals surface area contributed by atoms with Crippen molar-refractivity contribution in [3.05, 3.63) is 22.8 Å². The van der Waals surface area contributed by atoms with Crippen LogP contribution in [0, 0.1) is 0 Å². The molecule has 100 valence electrons. The molecular weight excluding hydrogens is 250 g/mol. The molecule has 0 spiro atoms. The highest BCUT2D eigenvalue weighted by molar-refractivity contribution is 6.31. The van der Waals surface area contributed by atoms with E-state index < -0.39 is 0 Å². The van der Waals surface area contributed by atoms with Crippen LogP contribution in [0.4, 0.5) is 5.82 Å². The Morgan fingerprint density at radius 2 is 2.44 bits per heavy atom. The average Bonchev–Trinajstić information content (AvgIpc) is 2.57. The maximum absolute atomic E-state index is 6.13. The first-order valence-corrected chi connectivity index (χ1v) is 6.74. The minimum absolute atomic E-state index is 0.248. The summed E-state index contributed by atoms with van der Waals surface area (Å²) < 4.78 is 5.65. The lowest BCUT2D eigenvalue weighted by molar-refractivity contribution is 0.0820. The first-order chi connectivity index (χ1) is 8.70. The minimum atomic E-state index is 0.248. The zero-order chi connectivity index (χ0) is 13.0. The van der Waals surface area contributed by atoms with Crippen molar-refractivity contribution in [1.82, 2.24) is 10.3 Å². The summed E-state index contributed by atoms with van der Waals surface area (Å²) in [5.74, 6) is 0.988. The quantitative estimate of drug-likeness (QED) is 0.912. The fraction of sp³-hybridized carbons (Fsp3) is 0.615. The third-order valence-corrected chi connectivity index (χ3v) is 3.40. The van der Waals surface area contributed by atoms with Crippen LogP contribution in [-0.2, 0) is 11.3 Å². The summed E-state index contributed by atoms with van der Waals surface area (Å²) in [7, 11) is 1.91. The Bertz CT molecular complexity index is 400. The van der Waals surface area contributed by atoms with Crippen LogP contribution in [0.1, 0.15) is 18.9 Å². The summed E-state index contributed by atoms with van der Waals surface area (Å²) in [6.07, 6.45) is 3.02. The second kappa shape index (κ2) is 6.36. The van der Waals surface area contributed by atoms with Gasteiger partial charge in [0.1, 0.15) is 5.82 Å².